The first-order valence-corrected chi connectivity index (χ1v) is 9.03. The van der Waals surface area contributed by atoms with Crippen LogP contribution in [0.3, 0.4) is 0 Å². The summed E-state index contributed by atoms with van der Waals surface area (Å²) in [5, 5.41) is 10.3. The molecule has 1 aliphatic rings. The van der Waals surface area contributed by atoms with Crippen LogP contribution in [0.4, 0.5) is 10.5 Å². The van der Waals surface area contributed by atoms with E-state index in [-0.39, 0.29) is 30.9 Å². The van der Waals surface area contributed by atoms with Gasteiger partial charge < -0.3 is 15.1 Å². The number of anilines is 1. The fraction of sp³-hybridized carbons (Fsp3) is 0.278. The van der Waals surface area contributed by atoms with Gasteiger partial charge in [-0.2, -0.15) is 0 Å². The smallest absolute Gasteiger partial charge is 0.346 e. The first-order valence-electron chi connectivity index (χ1n) is 8.65. The number of nitrogens with zero attached hydrogens (tertiary/aromatic N) is 3. The van der Waals surface area contributed by atoms with Gasteiger partial charge in [0.25, 0.3) is 0 Å². The fourth-order valence-electron chi connectivity index (χ4n) is 2.82. The lowest BCUT2D eigenvalue weighted by atomic mass is 10.3. The Hall–Kier alpha value is -3.00. The van der Waals surface area contributed by atoms with Crippen molar-refractivity contribution in [2.24, 2.45) is 0 Å². The van der Waals surface area contributed by atoms with Crippen LogP contribution < -0.4 is 16.3 Å². The minimum atomic E-state index is -0.377. The van der Waals surface area contributed by atoms with Crippen molar-refractivity contribution in [1.29, 1.82) is 0 Å². The molecule has 0 spiro atoms. The molecule has 1 aliphatic carbocycles. The number of halogens is 1. The third kappa shape index (κ3) is 3.90. The predicted octanol–water partition coefficient (Wildman–Crippen LogP) is 3.11. The molecule has 3 aromatic rings. The van der Waals surface area contributed by atoms with Crippen molar-refractivity contribution in [3.05, 3.63) is 58.2 Å². The van der Waals surface area contributed by atoms with E-state index in [1.54, 1.807) is 47.2 Å². The number of hydrogen-bond acceptors (Lipinski definition) is 4. The van der Waals surface area contributed by atoms with Gasteiger partial charge in [0.1, 0.15) is 0 Å². The van der Waals surface area contributed by atoms with Crippen LogP contribution in [0.25, 0.3) is 11.6 Å². The first-order chi connectivity index (χ1) is 13.1. The van der Waals surface area contributed by atoms with Crippen molar-refractivity contribution in [3.8, 4) is 11.6 Å². The van der Waals surface area contributed by atoms with Gasteiger partial charge in [-0.25, -0.2) is 14.3 Å². The van der Waals surface area contributed by atoms with Gasteiger partial charge in [-0.1, -0.05) is 17.7 Å². The van der Waals surface area contributed by atoms with Crippen molar-refractivity contribution in [2.45, 2.75) is 25.4 Å². The Bertz CT molecular complexity index is 1000. The van der Waals surface area contributed by atoms with E-state index < -0.39 is 0 Å². The molecule has 27 heavy (non-hydrogen) atoms. The Kier molecular flexibility index (Phi) is 4.72. The molecule has 2 aromatic heterocycles. The summed E-state index contributed by atoms with van der Waals surface area (Å²) in [4.78, 5) is 24.6. The monoisotopic (exact) mass is 387 g/mol. The lowest BCUT2D eigenvalue weighted by Crippen LogP contribution is -2.34. The maximum atomic E-state index is 12.6. The normalized spacial score (nSPS) is 13.5. The topological polar surface area (TPSA) is 94.1 Å². The minimum Gasteiger partial charge on any atom is -0.461 e. The van der Waals surface area contributed by atoms with Gasteiger partial charge in [0, 0.05) is 23.3 Å². The van der Waals surface area contributed by atoms with Gasteiger partial charge in [0.2, 0.25) is 5.82 Å². The second-order valence-corrected chi connectivity index (χ2v) is 6.74. The van der Waals surface area contributed by atoms with E-state index in [2.05, 4.69) is 15.7 Å². The zero-order valence-corrected chi connectivity index (χ0v) is 15.1. The Labute approximate surface area is 159 Å². The first kappa shape index (κ1) is 17.4. The summed E-state index contributed by atoms with van der Waals surface area (Å²) in [6, 6.07) is 10.2. The number of nitrogens with one attached hydrogen (secondary N) is 2. The maximum absolute atomic E-state index is 12.6. The Morgan fingerprint density at radius 1 is 1.30 bits per heavy atom. The van der Waals surface area contributed by atoms with Crippen molar-refractivity contribution in [1.82, 2.24) is 19.7 Å². The van der Waals surface area contributed by atoms with Crippen LogP contribution >= 0.6 is 11.6 Å². The molecule has 2 N–H and O–H groups in total. The lowest BCUT2D eigenvalue weighted by Gasteiger charge is -2.07. The van der Waals surface area contributed by atoms with Gasteiger partial charge in [-0.15, -0.1) is 5.10 Å². The summed E-state index contributed by atoms with van der Waals surface area (Å²) >= 11 is 5.89. The molecule has 0 aliphatic heterocycles. The third-order valence-corrected chi connectivity index (χ3v) is 4.45. The van der Waals surface area contributed by atoms with Crippen LogP contribution in [0.5, 0.6) is 0 Å². The summed E-state index contributed by atoms with van der Waals surface area (Å²) in [5.74, 6) is 1.08. The van der Waals surface area contributed by atoms with Crippen LogP contribution in [-0.4, -0.2) is 26.9 Å². The molecule has 0 atom stereocenters. The molecule has 8 nitrogen and oxygen atoms in total. The molecular formula is C18H18ClN5O3. The van der Waals surface area contributed by atoms with Crippen LogP contribution in [0.1, 0.15) is 18.9 Å². The maximum Gasteiger partial charge on any atom is 0.346 e. The predicted molar refractivity (Wildman–Crippen MR) is 101 cm³/mol. The Morgan fingerprint density at radius 2 is 2.15 bits per heavy atom. The molecule has 9 heteroatoms. The Balaban J connectivity index is 1.41. The zero-order valence-electron chi connectivity index (χ0n) is 14.4. The molecule has 0 radical (unpaired) electrons. The molecule has 2 heterocycles. The number of furan rings is 1. The van der Waals surface area contributed by atoms with E-state index in [0.29, 0.717) is 22.3 Å². The SMILES string of the molecule is O=C(NCCn1nc(-c2ccco2)n(C2CC2)c1=O)Nc1cccc(Cl)c1. The number of carbonyl (C=O) groups excluding carboxylic acids is 1. The molecule has 0 unspecified atom stereocenters. The van der Waals surface area contributed by atoms with Gasteiger partial charge in [-0.3, -0.25) is 4.57 Å². The lowest BCUT2D eigenvalue weighted by molar-refractivity contribution is 0.251. The summed E-state index contributed by atoms with van der Waals surface area (Å²) in [7, 11) is 0. The van der Waals surface area contributed by atoms with E-state index in [0.717, 1.165) is 12.8 Å². The van der Waals surface area contributed by atoms with Gasteiger partial charge in [0.15, 0.2) is 5.76 Å². The molecule has 1 fully saturated rings. The minimum absolute atomic E-state index is 0.172. The second kappa shape index (κ2) is 7.32. The third-order valence-electron chi connectivity index (χ3n) is 4.22. The van der Waals surface area contributed by atoms with Crippen molar-refractivity contribution in [3.63, 3.8) is 0 Å². The number of benzene rings is 1. The van der Waals surface area contributed by atoms with Gasteiger partial charge in [0.05, 0.1) is 12.8 Å². The molecule has 1 saturated carbocycles. The van der Waals surface area contributed by atoms with E-state index in [4.69, 9.17) is 16.0 Å². The molecule has 140 valence electrons. The highest BCUT2D eigenvalue weighted by Crippen LogP contribution is 2.36. The molecule has 4 rings (SSSR count). The van der Waals surface area contributed by atoms with Crippen LogP contribution in [0.15, 0.2) is 51.9 Å². The number of hydrogen-bond donors (Lipinski definition) is 2. The highest BCUT2D eigenvalue weighted by atomic mass is 35.5. The summed E-state index contributed by atoms with van der Waals surface area (Å²) in [6.07, 6.45) is 3.47. The standard InChI is InChI=1S/C18H18ClN5O3/c19-12-3-1-4-13(11-12)21-17(25)20-8-9-23-18(26)24(14-6-7-14)16(22-23)15-5-2-10-27-15/h1-5,10-11,14H,6-9H2,(H2,20,21,25). The fourth-order valence-corrected chi connectivity index (χ4v) is 3.01. The van der Waals surface area contributed by atoms with Crippen LogP contribution in [0.2, 0.25) is 5.02 Å². The highest BCUT2D eigenvalue weighted by Gasteiger charge is 2.31. The highest BCUT2D eigenvalue weighted by molar-refractivity contribution is 6.30. The number of amides is 2. The van der Waals surface area contributed by atoms with E-state index in [9.17, 15) is 9.59 Å². The van der Waals surface area contributed by atoms with Crippen molar-refractivity contribution in [2.75, 3.05) is 11.9 Å². The summed E-state index contributed by atoms with van der Waals surface area (Å²) in [6.45, 7) is 0.515. The average Bonchev–Trinajstić information content (AvgIpc) is 3.21. The van der Waals surface area contributed by atoms with E-state index in [1.165, 1.54) is 4.68 Å². The average molecular weight is 388 g/mol. The van der Waals surface area contributed by atoms with E-state index >= 15 is 0 Å². The van der Waals surface area contributed by atoms with Crippen LogP contribution in [0, 0.1) is 0 Å². The number of urea groups is 1. The zero-order chi connectivity index (χ0) is 18.8. The van der Waals surface area contributed by atoms with Gasteiger partial charge >= 0.3 is 11.7 Å². The molecular weight excluding hydrogens is 370 g/mol. The largest absolute Gasteiger partial charge is 0.461 e. The molecule has 0 saturated heterocycles. The molecule has 1 aromatic carbocycles. The van der Waals surface area contributed by atoms with Gasteiger partial charge in [-0.05, 0) is 43.2 Å². The number of rotatable bonds is 6. The number of carbonyl (C=O) groups is 1. The summed E-state index contributed by atoms with van der Waals surface area (Å²) in [5.41, 5.74) is 0.399. The molecule has 0 bridgehead atoms. The van der Waals surface area contributed by atoms with Crippen molar-refractivity contribution < 1.29 is 9.21 Å². The van der Waals surface area contributed by atoms with Crippen LogP contribution in [-0.2, 0) is 6.54 Å². The quantitative estimate of drug-likeness (QED) is 0.679. The summed E-state index contributed by atoms with van der Waals surface area (Å²) < 4.78 is 8.43. The Morgan fingerprint density at radius 3 is 2.85 bits per heavy atom. The molecule has 2 amide bonds. The van der Waals surface area contributed by atoms with E-state index in [1.807, 2.05) is 0 Å². The second-order valence-electron chi connectivity index (χ2n) is 6.30. The van der Waals surface area contributed by atoms with Crippen molar-refractivity contribution >= 4 is 23.3 Å². The number of aromatic nitrogens is 3.